The Morgan fingerprint density at radius 3 is 2.42 bits per heavy atom. The number of rotatable bonds is 7. The van der Waals surface area contributed by atoms with Crippen molar-refractivity contribution in [1.29, 1.82) is 0 Å². The molecule has 0 saturated heterocycles. The normalized spacial score (nSPS) is 14.9. The Hall–Kier alpha value is -3.72. The second-order valence-corrected chi connectivity index (χ2v) is 9.35. The van der Waals surface area contributed by atoms with Crippen LogP contribution in [-0.2, 0) is 10.0 Å². The number of anilines is 1. The monoisotopic (exact) mass is 468 g/mol. The number of sulfonamides is 1. The minimum atomic E-state index is -3.84. The Bertz CT molecular complexity index is 1240. The summed E-state index contributed by atoms with van der Waals surface area (Å²) in [7, 11) is -0.901. The number of ether oxygens (including phenoxy) is 3. The van der Waals surface area contributed by atoms with Crippen LogP contribution < -0.4 is 23.8 Å². The van der Waals surface area contributed by atoms with Crippen molar-refractivity contribution in [2.24, 2.45) is 0 Å². The summed E-state index contributed by atoms with van der Waals surface area (Å²) in [6.07, 6.45) is -0.321. The number of nitrogens with one attached hydrogen (secondary N) is 1. The van der Waals surface area contributed by atoms with Gasteiger partial charge in [-0.15, -0.1) is 0 Å². The zero-order chi connectivity index (χ0) is 23.4. The third-order valence-electron chi connectivity index (χ3n) is 5.26. The summed E-state index contributed by atoms with van der Waals surface area (Å²) in [5.74, 6) is 1.42. The van der Waals surface area contributed by atoms with Crippen LogP contribution in [0.2, 0.25) is 0 Å². The van der Waals surface area contributed by atoms with Crippen molar-refractivity contribution in [2.45, 2.75) is 11.0 Å². The summed E-state index contributed by atoms with van der Waals surface area (Å²) in [5.41, 5.74) is 0.754. The number of hydrogen-bond acceptors (Lipinski definition) is 6. The lowest BCUT2D eigenvalue weighted by Gasteiger charge is -2.26. The standard InChI is InChI=1S/C24H24N2O6S/c1-26(20-7-3-4-8-21(20)30-2)33(28,29)19-13-11-17(12-14-19)24(27)25-15-18-16-31-22-9-5-6-10-23(22)32-18/h3-14,18H,15-16H2,1-2H3,(H,25,27)/t18-/m0/s1. The average Bonchev–Trinajstić information content (AvgIpc) is 2.86. The predicted octanol–water partition coefficient (Wildman–Crippen LogP) is 3.09. The van der Waals surface area contributed by atoms with Gasteiger partial charge >= 0.3 is 0 Å². The molecule has 8 nitrogen and oxygen atoms in total. The van der Waals surface area contributed by atoms with Crippen molar-refractivity contribution in [1.82, 2.24) is 5.32 Å². The molecule has 0 aliphatic carbocycles. The first-order chi connectivity index (χ1) is 15.9. The molecule has 0 fully saturated rings. The Balaban J connectivity index is 1.41. The van der Waals surface area contributed by atoms with Crippen molar-refractivity contribution >= 4 is 21.6 Å². The summed E-state index contributed by atoms with van der Waals surface area (Å²) >= 11 is 0. The molecule has 0 bridgehead atoms. The Labute approximate surface area is 192 Å². The smallest absolute Gasteiger partial charge is 0.264 e. The lowest BCUT2D eigenvalue weighted by Crippen LogP contribution is -2.40. The number of methoxy groups -OCH3 is 1. The van der Waals surface area contributed by atoms with Gasteiger partial charge in [0.1, 0.15) is 18.5 Å². The molecule has 0 saturated carbocycles. The van der Waals surface area contributed by atoms with Gasteiger partial charge in [0.05, 0.1) is 24.2 Å². The van der Waals surface area contributed by atoms with Gasteiger partial charge in [-0.2, -0.15) is 0 Å². The van der Waals surface area contributed by atoms with Crippen LogP contribution in [0.25, 0.3) is 0 Å². The molecule has 9 heteroatoms. The molecule has 1 atom stereocenters. The first-order valence-electron chi connectivity index (χ1n) is 10.3. The van der Waals surface area contributed by atoms with Gasteiger partial charge in [0.15, 0.2) is 11.5 Å². The van der Waals surface area contributed by atoms with Gasteiger partial charge in [0.2, 0.25) is 0 Å². The van der Waals surface area contributed by atoms with Crippen LogP contribution >= 0.6 is 0 Å². The number of hydrogen-bond donors (Lipinski definition) is 1. The van der Waals surface area contributed by atoms with Crippen molar-refractivity contribution in [3.63, 3.8) is 0 Å². The van der Waals surface area contributed by atoms with Crippen molar-refractivity contribution in [3.8, 4) is 17.2 Å². The van der Waals surface area contributed by atoms with Gasteiger partial charge in [0.25, 0.3) is 15.9 Å². The van der Waals surface area contributed by atoms with E-state index in [2.05, 4.69) is 5.32 Å². The van der Waals surface area contributed by atoms with Gasteiger partial charge in [-0.05, 0) is 48.5 Å². The van der Waals surface area contributed by atoms with E-state index >= 15 is 0 Å². The van der Waals surface area contributed by atoms with Crippen LogP contribution in [0.5, 0.6) is 17.2 Å². The molecule has 1 heterocycles. The highest BCUT2D eigenvalue weighted by molar-refractivity contribution is 7.92. The largest absolute Gasteiger partial charge is 0.495 e. The first-order valence-corrected chi connectivity index (χ1v) is 11.7. The van der Waals surface area contributed by atoms with E-state index < -0.39 is 10.0 Å². The molecule has 3 aromatic rings. The van der Waals surface area contributed by atoms with Crippen LogP contribution in [0.1, 0.15) is 10.4 Å². The van der Waals surface area contributed by atoms with Crippen molar-refractivity contribution < 1.29 is 27.4 Å². The van der Waals surface area contributed by atoms with Gasteiger partial charge in [-0.3, -0.25) is 9.10 Å². The molecule has 0 aromatic heterocycles. The summed E-state index contributed by atoms with van der Waals surface area (Å²) < 4.78 is 44.0. The van der Waals surface area contributed by atoms with Gasteiger partial charge in [0, 0.05) is 12.6 Å². The Kier molecular flexibility index (Phi) is 6.41. The molecule has 172 valence electrons. The van der Waals surface area contributed by atoms with Crippen molar-refractivity contribution in [3.05, 3.63) is 78.4 Å². The minimum absolute atomic E-state index is 0.0630. The highest BCUT2D eigenvalue weighted by atomic mass is 32.2. The van der Waals surface area contributed by atoms with Gasteiger partial charge in [-0.1, -0.05) is 24.3 Å². The average molecular weight is 469 g/mol. The zero-order valence-electron chi connectivity index (χ0n) is 18.2. The fraction of sp³-hybridized carbons (Fsp3) is 0.208. The number of benzene rings is 3. The maximum atomic E-state index is 13.1. The second kappa shape index (κ2) is 9.41. The van der Waals surface area contributed by atoms with E-state index in [-0.39, 0.29) is 23.5 Å². The van der Waals surface area contributed by atoms with E-state index in [1.165, 1.54) is 38.4 Å². The lowest BCUT2D eigenvalue weighted by atomic mass is 10.2. The first kappa shape index (κ1) is 22.5. The molecule has 1 amide bonds. The third-order valence-corrected chi connectivity index (χ3v) is 7.04. The maximum absolute atomic E-state index is 13.1. The summed E-state index contributed by atoms with van der Waals surface area (Å²) in [6.45, 7) is 0.577. The van der Waals surface area contributed by atoms with E-state index in [1.807, 2.05) is 24.3 Å². The van der Waals surface area contributed by atoms with Gasteiger partial charge < -0.3 is 19.5 Å². The Morgan fingerprint density at radius 1 is 1.03 bits per heavy atom. The molecule has 1 N–H and O–H groups in total. The molecule has 3 aromatic carbocycles. The lowest BCUT2D eigenvalue weighted by molar-refractivity contribution is 0.0789. The predicted molar refractivity (Wildman–Crippen MR) is 124 cm³/mol. The minimum Gasteiger partial charge on any atom is -0.495 e. The summed E-state index contributed by atoms with van der Waals surface area (Å²) in [6, 6.07) is 20.0. The molecule has 0 unspecified atom stereocenters. The summed E-state index contributed by atoms with van der Waals surface area (Å²) in [5, 5.41) is 2.80. The highest BCUT2D eigenvalue weighted by Gasteiger charge is 2.24. The number of amides is 1. The maximum Gasteiger partial charge on any atom is 0.264 e. The van der Waals surface area contributed by atoms with Crippen LogP contribution in [0.15, 0.2) is 77.7 Å². The molecular formula is C24H24N2O6S. The molecule has 1 aliphatic heterocycles. The number of carbonyl (C=O) groups excluding carboxylic acids is 1. The van der Waals surface area contributed by atoms with Crippen LogP contribution in [0, 0.1) is 0 Å². The third kappa shape index (κ3) is 4.73. The highest BCUT2D eigenvalue weighted by Crippen LogP contribution is 2.31. The van der Waals surface area contributed by atoms with Crippen molar-refractivity contribution in [2.75, 3.05) is 31.6 Å². The molecule has 0 spiro atoms. The topological polar surface area (TPSA) is 94.2 Å². The quantitative estimate of drug-likeness (QED) is 0.573. The SMILES string of the molecule is COc1ccccc1N(C)S(=O)(=O)c1ccc(C(=O)NC[C@H]2COc3ccccc3O2)cc1. The molecule has 0 radical (unpaired) electrons. The van der Waals surface area contributed by atoms with E-state index in [1.54, 1.807) is 24.3 Å². The van der Waals surface area contributed by atoms with Crippen LogP contribution in [-0.4, -0.2) is 47.7 Å². The van der Waals surface area contributed by atoms with E-state index in [4.69, 9.17) is 14.2 Å². The van der Waals surface area contributed by atoms with Crippen LogP contribution in [0.4, 0.5) is 5.69 Å². The number of carbonyl (C=O) groups is 1. The molecular weight excluding hydrogens is 444 g/mol. The van der Waals surface area contributed by atoms with Gasteiger partial charge in [-0.25, -0.2) is 8.42 Å². The second-order valence-electron chi connectivity index (χ2n) is 7.38. The molecule has 1 aliphatic rings. The molecule has 4 rings (SSSR count). The van der Waals surface area contributed by atoms with E-state index in [9.17, 15) is 13.2 Å². The van der Waals surface area contributed by atoms with E-state index in [0.29, 0.717) is 35.1 Å². The number of fused-ring (bicyclic) bond motifs is 1. The zero-order valence-corrected chi connectivity index (χ0v) is 19.0. The number of nitrogens with zero attached hydrogens (tertiary/aromatic N) is 1. The number of para-hydroxylation sites is 4. The summed E-state index contributed by atoms with van der Waals surface area (Å²) in [4.78, 5) is 12.6. The fourth-order valence-corrected chi connectivity index (χ4v) is 4.63. The van der Waals surface area contributed by atoms with Crippen LogP contribution in [0.3, 0.4) is 0 Å². The van der Waals surface area contributed by atoms with E-state index in [0.717, 1.165) is 4.31 Å². The fourth-order valence-electron chi connectivity index (χ4n) is 3.43. The Morgan fingerprint density at radius 2 is 1.70 bits per heavy atom. The molecule has 33 heavy (non-hydrogen) atoms.